The van der Waals surface area contributed by atoms with Gasteiger partial charge in [-0.15, -0.1) is 0 Å². The van der Waals surface area contributed by atoms with Gasteiger partial charge in [0.05, 0.1) is 25.8 Å². The van der Waals surface area contributed by atoms with Gasteiger partial charge in [0.25, 0.3) is 0 Å². The van der Waals surface area contributed by atoms with Gasteiger partial charge in [0.15, 0.2) is 0 Å². The summed E-state index contributed by atoms with van der Waals surface area (Å²) >= 11 is 0. The van der Waals surface area contributed by atoms with Gasteiger partial charge in [0.2, 0.25) is 5.91 Å². The molecule has 1 amide bonds. The third kappa shape index (κ3) is 6.41. The largest absolute Gasteiger partial charge is 0.379 e. The first-order chi connectivity index (χ1) is 15.7. The molecule has 5 heteroatoms. The van der Waals surface area contributed by atoms with Crippen LogP contribution >= 0.6 is 0 Å². The van der Waals surface area contributed by atoms with Crippen molar-refractivity contribution in [1.29, 1.82) is 0 Å². The summed E-state index contributed by atoms with van der Waals surface area (Å²) in [5.74, 6) is 0.854. The first kappa shape index (κ1) is 23.0. The molecule has 2 saturated heterocycles. The first-order valence-corrected chi connectivity index (χ1v) is 12.1. The third-order valence-electron chi connectivity index (χ3n) is 6.88. The first-order valence-electron chi connectivity index (χ1n) is 12.1. The molecule has 0 aliphatic carbocycles. The summed E-state index contributed by atoms with van der Waals surface area (Å²) in [4.78, 5) is 17.7. The lowest BCUT2D eigenvalue weighted by Gasteiger charge is -2.39. The number of hydrogen-bond donors (Lipinski definition) is 1. The summed E-state index contributed by atoms with van der Waals surface area (Å²) in [6.45, 7) is 7.94. The average molecular weight is 436 g/mol. The molecule has 0 bridgehead atoms. The molecule has 0 unspecified atom stereocenters. The van der Waals surface area contributed by atoms with Gasteiger partial charge in [-0.25, -0.2) is 0 Å². The lowest BCUT2D eigenvalue weighted by molar-refractivity contribution is -0.123. The Labute approximate surface area is 192 Å². The molecule has 2 aromatic rings. The number of morpholine rings is 1. The minimum Gasteiger partial charge on any atom is -0.379 e. The van der Waals surface area contributed by atoms with Crippen LogP contribution in [0.5, 0.6) is 0 Å². The predicted molar refractivity (Wildman–Crippen MR) is 128 cm³/mol. The molecule has 0 spiro atoms. The van der Waals surface area contributed by atoms with Crippen molar-refractivity contribution >= 4 is 5.91 Å². The highest BCUT2D eigenvalue weighted by atomic mass is 16.5. The van der Waals surface area contributed by atoms with E-state index in [1.54, 1.807) is 0 Å². The van der Waals surface area contributed by atoms with Crippen LogP contribution < -0.4 is 5.32 Å². The van der Waals surface area contributed by atoms with Gasteiger partial charge < -0.3 is 10.1 Å². The van der Waals surface area contributed by atoms with Crippen molar-refractivity contribution in [3.8, 4) is 0 Å². The van der Waals surface area contributed by atoms with Gasteiger partial charge in [-0.2, -0.15) is 0 Å². The van der Waals surface area contributed by atoms with Crippen LogP contribution in [0.1, 0.15) is 36.9 Å². The van der Waals surface area contributed by atoms with Crippen molar-refractivity contribution in [2.45, 2.75) is 38.3 Å². The van der Waals surface area contributed by atoms with Gasteiger partial charge in [-0.3, -0.25) is 14.6 Å². The van der Waals surface area contributed by atoms with Crippen LogP contribution in [-0.2, 0) is 16.0 Å². The Bertz CT molecular complexity index is 815. The summed E-state index contributed by atoms with van der Waals surface area (Å²) in [6.07, 6.45) is 3.48. The maximum atomic E-state index is 12.9. The smallest absolute Gasteiger partial charge is 0.234 e. The highest BCUT2D eigenvalue weighted by Crippen LogP contribution is 2.26. The Kier molecular flexibility index (Phi) is 8.32. The van der Waals surface area contributed by atoms with E-state index in [9.17, 15) is 4.79 Å². The molecule has 32 heavy (non-hydrogen) atoms. The van der Waals surface area contributed by atoms with Gasteiger partial charge in [-0.05, 0) is 56.3 Å². The molecule has 2 fully saturated rings. The molecule has 2 aliphatic rings. The predicted octanol–water partition coefficient (Wildman–Crippen LogP) is 3.52. The highest BCUT2D eigenvalue weighted by Gasteiger charge is 2.29. The Morgan fingerprint density at radius 2 is 1.59 bits per heavy atom. The lowest BCUT2D eigenvalue weighted by Crippen LogP contribution is -2.50. The summed E-state index contributed by atoms with van der Waals surface area (Å²) in [5, 5.41) is 3.31. The van der Waals surface area contributed by atoms with Crippen LogP contribution in [0.25, 0.3) is 0 Å². The topological polar surface area (TPSA) is 44.8 Å². The normalized spacial score (nSPS) is 20.5. The van der Waals surface area contributed by atoms with E-state index in [1.165, 1.54) is 11.1 Å². The summed E-state index contributed by atoms with van der Waals surface area (Å²) in [5.41, 5.74) is 2.68. The van der Waals surface area contributed by atoms with Crippen LogP contribution in [-0.4, -0.2) is 67.7 Å². The standard InChI is InChI=1S/C27H37N3O2/c1-22(27(25-10-6-3-7-11-25)30-16-18-32-19-17-30)28-26(31)21-29-14-12-24(13-15-29)20-23-8-4-2-5-9-23/h2-11,22,24,27H,12-21H2,1H3,(H,28,31)/t22-,27+/m1/s1. The van der Waals surface area contributed by atoms with Crippen LogP contribution in [0, 0.1) is 5.92 Å². The van der Waals surface area contributed by atoms with Gasteiger partial charge in [0, 0.05) is 19.1 Å². The van der Waals surface area contributed by atoms with Crippen LogP contribution in [0.2, 0.25) is 0 Å². The maximum Gasteiger partial charge on any atom is 0.234 e. The Hall–Kier alpha value is -2.21. The maximum absolute atomic E-state index is 12.9. The molecule has 0 saturated carbocycles. The van der Waals surface area contributed by atoms with E-state index in [0.717, 1.165) is 64.6 Å². The summed E-state index contributed by atoms with van der Waals surface area (Å²) < 4.78 is 5.56. The molecular formula is C27H37N3O2. The Morgan fingerprint density at radius 1 is 0.969 bits per heavy atom. The van der Waals surface area contributed by atoms with Crippen LogP contribution in [0.15, 0.2) is 60.7 Å². The molecule has 5 nitrogen and oxygen atoms in total. The number of nitrogens with zero attached hydrogens (tertiary/aromatic N) is 2. The molecule has 2 aromatic carbocycles. The van der Waals surface area contributed by atoms with Gasteiger partial charge >= 0.3 is 0 Å². The fourth-order valence-electron chi connectivity index (χ4n) is 5.20. The SMILES string of the molecule is C[C@@H](NC(=O)CN1CCC(Cc2ccccc2)CC1)[C@@H](c1ccccc1)N1CCOCC1. The Morgan fingerprint density at radius 3 is 2.25 bits per heavy atom. The van der Waals surface area contributed by atoms with Gasteiger partial charge in [-0.1, -0.05) is 60.7 Å². The van der Waals surface area contributed by atoms with E-state index < -0.39 is 0 Å². The number of nitrogens with one attached hydrogen (secondary N) is 1. The van der Waals surface area contributed by atoms with E-state index in [-0.39, 0.29) is 18.0 Å². The molecule has 2 aliphatic heterocycles. The molecule has 0 aromatic heterocycles. The molecule has 172 valence electrons. The minimum absolute atomic E-state index is 0.0404. The number of carbonyl (C=O) groups is 1. The van der Waals surface area contributed by atoms with E-state index in [1.807, 2.05) is 6.07 Å². The number of likely N-dealkylation sites (tertiary alicyclic amines) is 1. The van der Waals surface area contributed by atoms with Crippen molar-refractivity contribution < 1.29 is 9.53 Å². The van der Waals surface area contributed by atoms with Gasteiger partial charge in [0.1, 0.15) is 0 Å². The zero-order valence-electron chi connectivity index (χ0n) is 19.3. The molecule has 2 atom stereocenters. The second-order valence-corrected chi connectivity index (χ2v) is 9.27. The number of ether oxygens (including phenoxy) is 1. The van der Waals surface area contributed by atoms with E-state index >= 15 is 0 Å². The highest BCUT2D eigenvalue weighted by molar-refractivity contribution is 5.78. The molecule has 4 rings (SSSR count). The van der Waals surface area contributed by atoms with Crippen LogP contribution in [0.3, 0.4) is 0 Å². The monoisotopic (exact) mass is 435 g/mol. The van der Waals surface area contributed by atoms with Crippen molar-refractivity contribution in [2.75, 3.05) is 45.9 Å². The second-order valence-electron chi connectivity index (χ2n) is 9.27. The molecule has 1 N–H and O–H groups in total. The van der Waals surface area contributed by atoms with E-state index in [4.69, 9.17) is 4.74 Å². The van der Waals surface area contributed by atoms with E-state index in [0.29, 0.717) is 6.54 Å². The second kappa shape index (κ2) is 11.6. The zero-order chi connectivity index (χ0) is 22.2. The molecule has 0 radical (unpaired) electrons. The number of piperidine rings is 1. The average Bonchev–Trinajstić information content (AvgIpc) is 2.82. The fraction of sp³-hybridized carbons (Fsp3) is 0.519. The lowest BCUT2D eigenvalue weighted by atomic mass is 9.90. The summed E-state index contributed by atoms with van der Waals surface area (Å²) in [7, 11) is 0. The third-order valence-corrected chi connectivity index (χ3v) is 6.88. The Balaban J connectivity index is 1.28. The quantitative estimate of drug-likeness (QED) is 0.689. The van der Waals surface area contributed by atoms with Crippen molar-refractivity contribution in [3.63, 3.8) is 0 Å². The van der Waals surface area contributed by atoms with Crippen LogP contribution in [0.4, 0.5) is 0 Å². The number of rotatable bonds is 8. The number of hydrogen-bond acceptors (Lipinski definition) is 4. The zero-order valence-corrected chi connectivity index (χ0v) is 19.3. The molecular weight excluding hydrogens is 398 g/mol. The summed E-state index contributed by atoms with van der Waals surface area (Å²) in [6, 6.07) is 21.5. The van der Waals surface area contributed by atoms with Crippen molar-refractivity contribution in [2.24, 2.45) is 5.92 Å². The number of amides is 1. The number of carbonyl (C=O) groups excluding carboxylic acids is 1. The minimum atomic E-state index is 0.0404. The molecule has 2 heterocycles. The van der Waals surface area contributed by atoms with E-state index in [2.05, 4.69) is 76.6 Å². The van der Waals surface area contributed by atoms with Crippen molar-refractivity contribution in [1.82, 2.24) is 15.1 Å². The number of benzene rings is 2. The fourth-order valence-corrected chi connectivity index (χ4v) is 5.20. The van der Waals surface area contributed by atoms with Crippen molar-refractivity contribution in [3.05, 3.63) is 71.8 Å².